The van der Waals surface area contributed by atoms with Crippen LogP contribution in [0.2, 0.25) is 0 Å². The van der Waals surface area contributed by atoms with Gasteiger partial charge in [-0.2, -0.15) is 0 Å². The minimum absolute atomic E-state index is 0.557. The van der Waals surface area contributed by atoms with E-state index < -0.39 is 23.8 Å². The molecule has 0 aliphatic carbocycles. The molecule has 4 nitrogen and oxygen atoms in total. The number of benzene rings is 1. The molecule has 20 heavy (non-hydrogen) atoms. The number of carbonyl (C=O) groups excluding carboxylic acids is 1. The van der Waals surface area contributed by atoms with Gasteiger partial charge in [0.05, 0.1) is 0 Å². The quantitative estimate of drug-likeness (QED) is 0.839. The molecule has 0 amide bonds. The van der Waals surface area contributed by atoms with Crippen molar-refractivity contribution in [2.45, 2.75) is 51.4 Å². The first-order valence-corrected chi connectivity index (χ1v) is 7.41. The number of hydrogen-bond acceptors (Lipinski definition) is 4. The summed E-state index contributed by atoms with van der Waals surface area (Å²) in [7, 11) is 0. The lowest BCUT2D eigenvalue weighted by molar-refractivity contribution is -0.170. The number of halogens is 1. The van der Waals surface area contributed by atoms with Gasteiger partial charge in [-0.25, -0.2) is 4.79 Å². The zero-order valence-electron chi connectivity index (χ0n) is 11.9. The molecule has 1 N–H and O–H groups in total. The molecule has 0 saturated heterocycles. The van der Waals surface area contributed by atoms with Crippen molar-refractivity contribution < 1.29 is 19.4 Å². The van der Waals surface area contributed by atoms with Crippen molar-refractivity contribution in [1.82, 2.24) is 0 Å². The van der Waals surface area contributed by atoms with Crippen molar-refractivity contribution in [3.05, 3.63) is 28.2 Å². The van der Waals surface area contributed by atoms with Crippen LogP contribution in [0.4, 0.5) is 0 Å². The molecule has 2 atom stereocenters. The first-order valence-electron chi connectivity index (χ1n) is 6.62. The predicted octanol–water partition coefficient (Wildman–Crippen LogP) is 2.85. The minimum atomic E-state index is -1.26. The van der Waals surface area contributed by atoms with Gasteiger partial charge in [0.2, 0.25) is 0 Å². The van der Waals surface area contributed by atoms with E-state index in [1.807, 2.05) is 18.2 Å². The molecular weight excluding hydrogens is 324 g/mol. The summed E-state index contributed by atoms with van der Waals surface area (Å²) in [6.07, 6.45) is -0.465. The van der Waals surface area contributed by atoms with Gasteiger partial charge in [-0.15, -0.1) is 0 Å². The van der Waals surface area contributed by atoms with Gasteiger partial charge in [0, 0.05) is 4.47 Å². The molecule has 0 bridgehead atoms. The van der Waals surface area contributed by atoms with Gasteiger partial charge >= 0.3 is 5.97 Å². The average Bonchev–Trinajstić information content (AvgIpc) is 2.35. The summed E-state index contributed by atoms with van der Waals surface area (Å²) in [5.74, 6) is 0.0788. The highest BCUT2D eigenvalue weighted by Gasteiger charge is 2.34. The third kappa shape index (κ3) is 3.73. The number of rotatable bonds is 2. The first-order chi connectivity index (χ1) is 9.26. The zero-order valence-corrected chi connectivity index (χ0v) is 13.4. The predicted molar refractivity (Wildman–Crippen MR) is 78.7 cm³/mol. The van der Waals surface area contributed by atoms with E-state index in [1.54, 1.807) is 20.8 Å². The molecule has 1 aromatic rings. The SMILES string of the molecule is CC(C)(C)OC(=O)C(O)C1CCc2cc(Br)ccc2O1. The Labute approximate surface area is 127 Å². The number of aliphatic hydroxyl groups is 1. The van der Waals surface area contributed by atoms with Crippen molar-refractivity contribution in [3.63, 3.8) is 0 Å². The van der Waals surface area contributed by atoms with Gasteiger partial charge in [-0.1, -0.05) is 15.9 Å². The fourth-order valence-electron chi connectivity index (χ4n) is 2.11. The molecule has 2 rings (SSSR count). The number of aliphatic hydroxyl groups excluding tert-OH is 1. The second-order valence-corrected chi connectivity index (χ2v) is 6.84. The van der Waals surface area contributed by atoms with E-state index in [2.05, 4.69) is 15.9 Å². The standard InChI is InChI=1S/C15H19BrO4/c1-15(2,3)20-14(18)13(17)12-6-4-9-8-10(16)5-7-11(9)19-12/h5,7-8,12-13,17H,4,6H2,1-3H3. The minimum Gasteiger partial charge on any atom is -0.487 e. The van der Waals surface area contributed by atoms with Crippen LogP contribution >= 0.6 is 15.9 Å². The van der Waals surface area contributed by atoms with Crippen LogP contribution in [-0.4, -0.2) is 28.9 Å². The molecule has 110 valence electrons. The second kappa shape index (κ2) is 5.74. The van der Waals surface area contributed by atoms with Crippen LogP contribution in [0.5, 0.6) is 5.75 Å². The summed E-state index contributed by atoms with van der Waals surface area (Å²) < 4.78 is 11.9. The molecule has 1 aromatic carbocycles. The lowest BCUT2D eigenvalue weighted by atomic mass is 9.99. The lowest BCUT2D eigenvalue weighted by Gasteiger charge is -2.30. The van der Waals surface area contributed by atoms with Crippen LogP contribution in [0.15, 0.2) is 22.7 Å². The second-order valence-electron chi connectivity index (χ2n) is 5.93. The molecule has 0 spiro atoms. The highest BCUT2D eigenvalue weighted by atomic mass is 79.9. The summed E-state index contributed by atoms with van der Waals surface area (Å²) in [6, 6.07) is 5.71. The summed E-state index contributed by atoms with van der Waals surface area (Å²) in [5, 5.41) is 10.1. The summed E-state index contributed by atoms with van der Waals surface area (Å²) in [6.45, 7) is 5.31. The van der Waals surface area contributed by atoms with E-state index in [1.165, 1.54) is 0 Å². The van der Waals surface area contributed by atoms with Crippen LogP contribution in [-0.2, 0) is 16.0 Å². The topological polar surface area (TPSA) is 55.8 Å². The Bertz CT molecular complexity index is 507. The molecule has 0 radical (unpaired) electrons. The van der Waals surface area contributed by atoms with Crippen molar-refractivity contribution in [2.24, 2.45) is 0 Å². The lowest BCUT2D eigenvalue weighted by Crippen LogP contribution is -2.43. The van der Waals surface area contributed by atoms with Crippen molar-refractivity contribution in [3.8, 4) is 5.75 Å². The summed E-state index contributed by atoms with van der Waals surface area (Å²) in [5.41, 5.74) is 0.460. The third-order valence-electron chi connectivity index (χ3n) is 3.00. The Morgan fingerprint density at radius 3 is 2.85 bits per heavy atom. The van der Waals surface area contributed by atoms with Crippen LogP contribution in [0.3, 0.4) is 0 Å². The number of hydrogen-bond donors (Lipinski definition) is 1. The van der Waals surface area contributed by atoms with Gasteiger partial charge in [-0.05, 0) is 57.4 Å². The Morgan fingerprint density at radius 2 is 2.20 bits per heavy atom. The number of esters is 1. The van der Waals surface area contributed by atoms with Gasteiger partial charge < -0.3 is 14.6 Å². The highest BCUT2D eigenvalue weighted by Crippen LogP contribution is 2.31. The summed E-state index contributed by atoms with van der Waals surface area (Å²) in [4.78, 5) is 11.9. The van der Waals surface area contributed by atoms with Crippen LogP contribution in [0, 0.1) is 0 Å². The third-order valence-corrected chi connectivity index (χ3v) is 3.49. The van der Waals surface area contributed by atoms with Crippen molar-refractivity contribution in [1.29, 1.82) is 0 Å². The van der Waals surface area contributed by atoms with Crippen LogP contribution in [0.1, 0.15) is 32.8 Å². The summed E-state index contributed by atoms with van der Waals surface area (Å²) >= 11 is 3.41. The maximum Gasteiger partial charge on any atom is 0.339 e. The number of carbonyl (C=O) groups is 1. The van der Waals surface area contributed by atoms with Crippen LogP contribution < -0.4 is 4.74 Å². The molecule has 1 heterocycles. The highest BCUT2D eigenvalue weighted by molar-refractivity contribution is 9.10. The van der Waals surface area contributed by atoms with Crippen molar-refractivity contribution >= 4 is 21.9 Å². The van der Waals surface area contributed by atoms with E-state index in [9.17, 15) is 9.90 Å². The normalized spacial score (nSPS) is 19.8. The van der Waals surface area contributed by atoms with Crippen LogP contribution in [0.25, 0.3) is 0 Å². The molecule has 1 aliphatic heterocycles. The Morgan fingerprint density at radius 1 is 1.50 bits per heavy atom. The number of fused-ring (bicyclic) bond motifs is 1. The molecule has 0 saturated carbocycles. The molecule has 5 heteroatoms. The van der Waals surface area contributed by atoms with E-state index in [0.717, 1.165) is 16.5 Å². The monoisotopic (exact) mass is 342 g/mol. The maximum atomic E-state index is 11.9. The molecule has 0 aromatic heterocycles. The molecule has 2 unspecified atom stereocenters. The fourth-order valence-corrected chi connectivity index (χ4v) is 2.52. The molecule has 0 fully saturated rings. The zero-order chi connectivity index (χ0) is 14.9. The number of aryl methyl sites for hydroxylation is 1. The van der Waals surface area contributed by atoms with Gasteiger partial charge in [0.1, 0.15) is 17.5 Å². The largest absolute Gasteiger partial charge is 0.487 e. The molecular formula is C15H19BrO4. The van der Waals surface area contributed by atoms with Gasteiger partial charge in [-0.3, -0.25) is 0 Å². The van der Waals surface area contributed by atoms with Crippen molar-refractivity contribution in [2.75, 3.05) is 0 Å². The number of ether oxygens (including phenoxy) is 2. The van der Waals surface area contributed by atoms with Gasteiger partial charge in [0.25, 0.3) is 0 Å². The van der Waals surface area contributed by atoms with E-state index >= 15 is 0 Å². The maximum absolute atomic E-state index is 11.9. The first kappa shape index (κ1) is 15.3. The Hall–Kier alpha value is -1.07. The van der Waals surface area contributed by atoms with E-state index in [4.69, 9.17) is 9.47 Å². The van der Waals surface area contributed by atoms with E-state index in [-0.39, 0.29) is 0 Å². The fraction of sp³-hybridized carbons (Fsp3) is 0.533. The molecule has 1 aliphatic rings. The van der Waals surface area contributed by atoms with Gasteiger partial charge in [0.15, 0.2) is 6.10 Å². The Balaban J connectivity index is 2.05. The average molecular weight is 343 g/mol. The smallest absolute Gasteiger partial charge is 0.339 e. The Kier molecular flexibility index (Phi) is 4.39. The van der Waals surface area contributed by atoms with E-state index in [0.29, 0.717) is 12.2 Å².